The monoisotopic (exact) mass is 302 g/mol. The van der Waals surface area contributed by atoms with Crippen molar-refractivity contribution in [1.82, 2.24) is 0 Å². The molecule has 0 spiro atoms. The van der Waals surface area contributed by atoms with E-state index in [0.717, 1.165) is 5.56 Å². The highest BCUT2D eigenvalue weighted by atomic mass is 35.5. The van der Waals surface area contributed by atoms with E-state index in [1.807, 2.05) is 0 Å². The van der Waals surface area contributed by atoms with Crippen LogP contribution in [0.25, 0.3) is 0 Å². The lowest BCUT2D eigenvalue weighted by atomic mass is 10.1. The van der Waals surface area contributed by atoms with E-state index < -0.39 is 15.8 Å². The van der Waals surface area contributed by atoms with Gasteiger partial charge in [0.25, 0.3) is 0 Å². The van der Waals surface area contributed by atoms with Gasteiger partial charge in [0.1, 0.15) is 0 Å². The molecule has 104 valence electrons. The second kappa shape index (κ2) is 5.02. The van der Waals surface area contributed by atoms with Gasteiger partial charge in [0.05, 0.1) is 28.1 Å². The average Bonchev–Trinajstić information content (AvgIpc) is 2.66. The van der Waals surface area contributed by atoms with Crippen LogP contribution in [0, 0.1) is 12.8 Å². The number of halogens is 1. The maximum atomic E-state index is 12.0. The molecule has 19 heavy (non-hydrogen) atoms. The Hall–Kier alpha value is -1.27. The fourth-order valence-corrected chi connectivity index (χ4v) is 3.98. The van der Waals surface area contributed by atoms with Crippen molar-refractivity contribution in [2.45, 2.75) is 13.3 Å². The number of nitrogens with two attached hydrogens (primary N) is 1. The van der Waals surface area contributed by atoms with Gasteiger partial charge >= 0.3 is 0 Å². The third kappa shape index (κ3) is 3.19. The number of anilines is 2. The van der Waals surface area contributed by atoms with Crippen LogP contribution in [0.1, 0.15) is 12.0 Å². The number of hydrogen-bond acceptors (Lipinski definition) is 4. The highest BCUT2D eigenvalue weighted by Crippen LogP contribution is 2.28. The van der Waals surface area contributed by atoms with E-state index in [9.17, 15) is 13.2 Å². The predicted molar refractivity (Wildman–Crippen MR) is 76.0 cm³/mol. The fourth-order valence-electron chi connectivity index (χ4n) is 2.08. The third-order valence-corrected chi connectivity index (χ3v) is 5.30. The molecule has 0 bridgehead atoms. The molecular weight excluding hydrogens is 288 g/mol. The van der Waals surface area contributed by atoms with Crippen molar-refractivity contribution in [2.24, 2.45) is 5.92 Å². The zero-order chi connectivity index (χ0) is 14.2. The largest absolute Gasteiger partial charge is 0.398 e. The molecule has 1 amide bonds. The van der Waals surface area contributed by atoms with Crippen LogP contribution in [0.5, 0.6) is 0 Å². The Kier molecular flexibility index (Phi) is 3.73. The molecule has 7 heteroatoms. The van der Waals surface area contributed by atoms with Crippen LogP contribution in [0.15, 0.2) is 12.1 Å². The molecule has 5 nitrogen and oxygen atoms in total. The van der Waals surface area contributed by atoms with Crippen molar-refractivity contribution in [3.8, 4) is 0 Å². The van der Waals surface area contributed by atoms with Gasteiger partial charge < -0.3 is 11.1 Å². The smallest absolute Gasteiger partial charge is 0.228 e. The molecule has 1 fully saturated rings. The third-order valence-electron chi connectivity index (χ3n) is 3.20. The van der Waals surface area contributed by atoms with Gasteiger partial charge in [-0.1, -0.05) is 11.6 Å². The molecule has 1 heterocycles. The number of nitrogens with one attached hydrogen (secondary N) is 1. The molecule has 1 aromatic carbocycles. The van der Waals surface area contributed by atoms with Gasteiger partial charge in [0, 0.05) is 5.69 Å². The molecule has 1 atom stereocenters. The molecule has 2 rings (SSSR count). The van der Waals surface area contributed by atoms with Crippen LogP contribution in [-0.4, -0.2) is 25.8 Å². The molecule has 1 unspecified atom stereocenters. The highest BCUT2D eigenvalue weighted by molar-refractivity contribution is 7.91. The quantitative estimate of drug-likeness (QED) is 0.812. The summed E-state index contributed by atoms with van der Waals surface area (Å²) < 4.78 is 22.7. The van der Waals surface area contributed by atoms with Gasteiger partial charge in [0.15, 0.2) is 9.84 Å². The van der Waals surface area contributed by atoms with Crippen LogP contribution in [-0.2, 0) is 14.6 Å². The Bertz CT molecular complexity index is 628. The maximum Gasteiger partial charge on any atom is 0.228 e. The minimum Gasteiger partial charge on any atom is -0.398 e. The number of nitrogen functional groups attached to an aromatic ring is 1. The average molecular weight is 303 g/mol. The van der Waals surface area contributed by atoms with Crippen molar-refractivity contribution in [2.75, 3.05) is 22.6 Å². The molecule has 0 radical (unpaired) electrons. The highest BCUT2D eigenvalue weighted by Gasteiger charge is 2.33. The van der Waals surface area contributed by atoms with Crippen LogP contribution in [0.2, 0.25) is 5.02 Å². The van der Waals surface area contributed by atoms with Crippen LogP contribution >= 0.6 is 11.6 Å². The lowest BCUT2D eigenvalue weighted by Gasteiger charge is -2.13. The maximum absolute atomic E-state index is 12.0. The Balaban J connectivity index is 2.14. The molecule has 3 N–H and O–H groups in total. The topological polar surface area (TPSA) is 89.3 Å². The van der Waals surface area contributed by atoms with Crippen LogP contribution < -0.4 is 11.1 Å². The zero-order valence-electron chi connectivity index (χ0n) is 10.4. The van der Waals surface area contributed by atoms with Gasteiger partial charge in [-0.2, -0.15) is 0 Å². The van der Waals surface area contributed by atoms with Gasteiger partial charge in [-0.3, -0.25) is 4.79 Å². The van der Waals surface area contributed by atoms with Crippen molar-refractivity contribution in [3.63, 3.8) is 0 Å². The number of carbonyl (C=O) groups excluding carboxylic acids is 1. The van der Waals surface area contributed by atoms with Crippen LogP contribution in [0.3, 0.4) is 0 Å². The summed E-state index contributed by atoms with van der Waals surface area (Å²) >= 11 is 5.90. The molecular formula is C12H15ClN2O3S. The van der Waals surface area contributed by atoms with E-state index in [1.54, 1.807) is 19.1 Å². The normalized spacial score (nSPS) is 21.3. The number of carbonyl (C=O) groups is 1. The van der Waals surface area contributed by atoms with E-state index in [-0.39, 0.29) is 17.4 Å². The molecule has 1 aromatic rings. The Morgan fingerprint density at radius 2 is 2.16 bits per heavy atom. The molecule has 0 saturated carbocycles. The summed E-state index contributed by atoms with van der Waals surface area (Å²) in [6, 6.07) is 3.25. The predicted octanol–water partition coefficient (Wildman–Crippen LogP) is 1.60. The summed E-state index contributed by atoms with van der Waals surface area (Å²) in [4.78, 5) is 12.0. The molecule has 0 aliphatic carbocycles. The van der Waals surface area contributed by atoms with E-state index >= 15 is 0 Å². The van der Waals surface area contributed by atoms with E-state index in [0.29, 0.717) is 22.8 Å². The van der Waals surface area contributed by atoms with E-state index in [4.69, 9.17) is 17.3 Å². The summed E-state index contributed by atoms with van der Waals surface area (Å²) in [7, 11) is -3.06. The van der Waals surface area contributed by atoms with Crippen molar-refractivity contribution in [3.05, 3.63) is 22.7 Å². The number of amides is 1. The first-order chi connectivity index (χ1) is 8.78. The van der Waals surface area contributed by atoms with Crippen molar-refractivity contribution in [1.29, 1.82) is 0 Å². The van der Waals surface area contributed by atoms with Gasteiger partial charge in [-0.05, 0) is 31.0 Å². The van der Waals surface area contributed by atoms with Gasteiger partial charge in [-0.25, -0.2) is 8.42 Å². The van der Waals surface area contributed by atoms with E-state index in [2.05, 4.69) is 5.32 Å². The molecule has 0 aromatic heterocycles. The summed E-state index contributed by atoms with van der Waals surface area (Å²) in [5.74, 6) is -0.779. The minimum atomic E-state index is -3.06. The van der Waals surface area contributed by atoms with Gasteiger partial charge in [-0.15, -0.1) is 0 Å². The summed E-state index contributed by atoms with van der Waals surface area (Å²) in [5.41, 5.74) is 7.45. The van der Waals surface area contributed by atoms with Crippen molar-refractivity contribution < 1.29 is 13.2 Å². The second-order valence-electron chi connectivity index (χ2n) is 4.78. The zero-order valence-corrected chi connectivity index (χ0v) is 12.0. The summed E-state index contributed by atoms with van der Waals surface area (Å²) in [5, 5.41) is 3.08. The number of benzene rings is 1. The number of hydrogen-bond donors (Lipinski definition) is 2. The Morgan fingerprint density at radius 1 is 1.47 bits per heavy atom. The number of aryl methyl sites for hydroxylation is 1. The second-order valence-corrected chi connectivity index (χ2v) is 7.41. The number of rotatable bonds is 2. The van der Waals surface area contributed by atoms with Gasteiger partial charge in [0.2, 0.25) is 5.91 Å². The first-order valence-electron chi connectivity index (χ1n) is 5.85. The standard InChI is InChI=1S/C12H15ClN2O3S/c1-7-4-10(14)9(13)5-11(7)15-12(16)8-2-3-19(17,18)6-8/h4-5,8H,2-3,6,14H2,1H3,(H,15,16). The lowest BCUT2D eigenvalue weighted by molar-refractivity contribution is -0.119. The summed E-state index contributed by atoms with van der Waals surface area (Å²) in [6.45, 7) is 1.80. The van der Waals surface area contributed by atoms with Crippen LogP contribution in [0.4, 0.5) is 11.4 Å². The first kappa shape index (κ1) is 14.1. The molecule has 1 aliphatic heterocycles. The molecule has 1 aliphatic rings. The van der Waals surface area contributed by atoms with Crippen molar-refractivity contribution >= 4 is 38.7 Å². The Morgan fingerprint density at radius 3 is 2.74 bits per heavy atom. The van der Waals surface area contributed by atoms with E-state index in [1.165, 1.54) is 0 Å². The summed E-state index contributed by atoms with van der Waals surface area (Å²) in [6.07, 6.45) is 0.371. The first-order valence-corrected chi connectivity index (χ1v) is 8.05. The number of sulfone groups is 1. The SMILES string of the molecule is Cc1cc(N)c(Cl)cc1NC(=O)C1CCS(=O)(=O)C1. The molecule has 1 saturated heterocycles. The minimum absolute atomic E-state index is 0.0760. The lowest BCUT2D eigenvalue weighted by Crippen LogP contribution is -2.24. The Labute approximate surface area is 117 Å². The fraction of sp³-hybridized carbons (Fsp3) is 0.417.